The van der Waals surface area contributed by atoms with Crippen LogP contribution in [0.15, 0.2) is 18.2 Å². The van der Waals surface area contributed by atoms with Crippen LogP contribution in [0.4, 0.5) is 4.39 Å². The van der Waals surface area contributed by atoms with Gasteiger partial charge in [-0.15, -0.1) is 10.2 Å². The average molecular weight is 314 g/mol. The van der Waals surface area contributed by atoms with E-state index in [1.807, 2.05) is 0 Å². The number of benzene rings is 1. The summed E-state index contributed by atoms with van der Waals surface area (Å²) in [5.41, 5.74) is 0.409. The Balaban J connectivity index is 2.26. The third-order valence-electron chi connectivity index (χ3n) is 2.97. The summed E-state index contributed by atoms with van der Waals surface area (Å²) >= 11 is 7.21. The Hall–Kier alpha value is -1.04. The molecule has 0 bridgehead atoms. The molecule has 1 unspecified atom stereocenters. The average Bonchev–Trinajstić information content (AvgIpc) is 2.92. The van der Waals surface area contributed by atoms with E-state index in [1.165, 1.54) is 17.4 Å². The fourth-order valence-corrected chi connectivity index (χ4v) is 3.07. The van der Waals surface area contributed by atoms with E-state index in [-0.39, 0.29) is 11.1 Å². The zero-order chi connectivity index (χ0) is 14.5. The molecule has 0 saturated carbocycles. The van der Waals surface area contributed by atoms with Crippen LogP contribution in [0.25, 0.3) is 10.6 Å². The molecule has 0 aliphatic rings. The molecule has 0 fully saturated rings. The standard InChI is InChI=1S/C14H17ClFN3S/c1-3-8-17-11(4-2)14-19-18-13(20-14)9-6-5-7-10(15)12(9)16/h5-7,11,17H,3-4,8H2,1-2H3. The van der Waals surface area contributed by atoms with Gasteiger partial charge in [0.25, 0.3) is 0 Å². The summed E-state index contributed by atoms with van der Waals surface area (Å²) in [6.45, 7) is 5.14. The monoisotopic (exact) mass is 313 g/mol. The van der Waals surface area contributed by atoms with Gasteiger partial charge in [0, 0.05) is 5.56 Å². The fraction of sp³-hybridized carbons (Fsp3) is 0.429. The van der Waals surface area contributed by atoms with Crippen LogP contribution in [-0.2, 0) is 0 Å². The molecule has 1 aromatic heterocycles. The first-order valence-corrected chi connectivity index (χ1v) is 7.88. The third-order valence-corrected chi connectivity index (χ3v) is 4.33. The summed E-state index contributed by atoms with van der Waals surface area (Å²) in [4.78, 5) is 0. The predicted molar refractivity (Wildman–Crippen MR) is 81.6 cm³/mol. The second-order valence-electron chi connectivity index (χ2n) is 4.46. The van der Waals surface area contributed by atoms with Crippen LogP contribution >= 0.6 is 22.9 Å². The number of nitrogens with zero attached hydrogens (tertiary/aromatic N) is 2. The SMILES string of the molecule is CCCNC(CC)c1nnc(-c2cccc(Cl)c2F)s1. The lowest BCUT2D eigenvalue weighted by Gasteiger charge is -2.12. The number of hydrogen-bond donors (Lipinski definition) is 1. The number of rotatable bonds is 6. The van der Waals surface area contributed by atoms with Gasteiger partial charge in [-0.1, -0.05) is 42.9 Å². The lowest BCUT2D eigenvalue weighted by atomic mass is 10.2. The van der Waals surface area contributed by atoms with Crippen molar-refractivity contribution in [2.75, 3.05) is 6.54 Å². The van der Waals surface area contributed by atoms with Gasteiger partial charge >= 0.3 is 0 Å². The molecule has 0 aliphatic carbocycles. The van der Waals surface area contributed by atoms with Gasteiger partial charge in [-0.3, -0.25) is 0 Å². The summed E-state index contributed by atoms with van der Waals surface area (Å²) < 4.78 is 14.0. The van der Waals surface area contributed by atoms with E-state index in [9.17, 15) is 4.39 Å². The first-order valence-electron chi connectivity index (χ1n) is 6.68. The van der Waals surface area contributed by atoms with Crippen LogP contribution in [0.3, 0.4) is 0 Å². The Labute approximate surface area is 127 Å². The van der Waals surface area contributed by atoms with E-state index in [4.69, 9.17) is 11.6 Å². The van der Waals surface area contributed by atoms with Gasteiger partial charge in [0.15, 0.2) is 10.8 Å². The normalized spacial score (nSPS) is 12.6. The quantitative estimate of drug-likeness (QED) is 0.856. The number of aromatic nitrogens is 2. The summed E-state index contributed by atoms with van der Waals surface area (Å²) in [6.07, 6.45) is 1.98. The minimum absolute atomic E-state index is 0.107. The first-order chi connectivity index (χ1) is 9.67. The van der Waals surface area contributed by atoms with E-state index in [0.29, 0.717) is 10.6 Å². The smallest absolute Gasteiger partial charge is 0.152 e. The van der Waals surface area contributed by atoms with Gasteiger partial charge in [-0.25, -0.2) is 4.39 Å². The molecule has 0 amide bonds. The van der Waals surface area contributed by atoms with Crippen molar-refractivity contribution < 1.29 is 4.39 Å². The highest BCUT2D eigenvalue weighted by molar-refractivity contribution is 7.14. The van der Waals surface area contributed by atoms with E-state index in [2.05, 4.69) is 29.4 Å². The highest BCUT2D eigenvalue weighted by Gasteiger charge is 2.17. The molecule has 6 heteroatoms. The lowest BCUT2D eigenvalue weighted by Crippen LogP contribution is -2.21. The van der Waals surface area contributed by atoms with Gasteiger partial charge in [0.1, 0.15) is 5.01 Å². The maximum Gasteiger partial charge on any atom is 0.152 e. The molecule has 0 spiro atoms. The number of hydrogen-bond acceptors (Lipinski definition) is 4. The summed E-state index contributed by atoms with van der Waals surface area (Å²) in [5.74, 6) is -0.438. The third kappa shape index (κ3) is 3.34. The molecule has 1 heterocycles. The van der Waals surface area contributed by atoms with Crippen LogP contribution in [0, 0.1) is 5.82 Å². The van der Waals surface area contributed by atoms with Crippen LogP contribution in [0.5, 0.6) is 0 Å². The fourth-order valence-electron chi connectivity index (χ4n) is 1.88. The molecular weight excluding hydrogens is 297 g/mol. The summed E-state index contributed by atoms with van der Waals surface area (Å²) in [7, 11) is 0. The minimum Gasteiger partial charge on any atom is -0.308 e. The van der Waals surface area contributed by atoms with Crippen molar-refractivity contribution in [1.82, 2.24) is 15.5 Å². The van der Waals surface area contributed by atoms with Crippen molar-refractivity contribution in [1.29, 1.82) is 0 Å². The Morgan fingerprint density at radius 1 is 1.35 bits per heavy atom. The van der Waals surface area contributed by atoms with Crippen molar-refractivity contribution in [3.63, 3.8) is 0 Å². The zero-order valence-electron chi connectivity index (χ0n) is 11.5. The Kier molecular flexibility index (Phi) is 5.46. The van der Waals surface area contributed by atoms with Gasteiger partial charge in [0.05, 0.1) is 11.1 Å². The Bertz CT molecular complexity index is 573. The van der Waals surface area contributed by atoms with Gasteiger partial charge in [-0.2, -0.15) is 0 Å². The molecule has 1 atom stereocenters. The maximum atomic E-state index is 14.0. The molecule has 1 N–H and O–H groups in total. The minimum atomic E-state index is -0.438. The molecule has 1 aromatic carbocycles. The molecule has 2 aromatic rings. The Morgan fingerprint density at radius 3 is 2.85 bits per heavy atom. The van der Waals surface area contributed by atoms with Crippen LogP contribution in [0.2, 0.25) is 5.02 Å². The van der Waals surface area contributed by atoms with Gasteiger partial charge in [-0.05, 0) is 31.5 Å². The van der Waals surface area contributed by atoms with Crippen molar-refractivity contribution in [2.24, 2.45) is 0 Å². The van der Waals surface area contributed by atoms with Gasteiger partial charge < -0.3 is 5.32 Å². The largest absolute Gasteiger partial charge is 0.308 e. The van der Waals surface area contributed by atoms with E-state index in [1.54, 1.807) is 12.1 Å². The van der Waals surface area contributed by atoms with Crippen molar-refractivity contribution in [3.05, 3.63) is 34.0 Å². The molecule has 0 radical (unpaired) electrons. The highest BCUT2D eigenvalue weighted by atomic mass is 35.5. The Morgan fingerprint density at radius 2 is 2.15 bits per heavy atom. The maximum absolute atomic E-state index is 14.0. The van der Waals surface area contributed by atoms with Crippen LogP contribution in [-0.4, -0.2) is 16.7 Å². The predicted octanol–water partition coefficient (Wildman–Crippen LogP) is 4.45. The molecule has 108 valence electrons. The van der Waals surface area contributed by atoms with Crippen LogP contribution < -0.4 is 5.32 Å². The molecule has 20 heavy (non-hydrogen) atoms. The summed E-state index contributed by atoms with van der Waals surface area (Å²) in [6, 6.07) is 5.09. The van der Waals surface area contributed by atoms with Crippen molar-refractivity contribution in [2.45, 2.75) is 32.7 Å². The van der Waals surface area contributed by atoms with Gasteiger partial charge in [0.2, 0.25) is 0 Å². The lowest BCUT2D eigenvalue weighted by molar-refractivity contribution is 0.513. The number of halogens is 2. The van der Waals surface area contributed by atoms with E-state index >= 15 is 0 Å². The highest BCUT2D eigenvalue weighted by Crippen LogP contribution is 2.32. The zero-order valence-corrected chi connectivity index (χ0v) is 13.1. The first kappa shape index (κ1) is 15.4. The molecule has 0 aliphatic heterocycles. The molecule has 3 nitrogen and oxygen atoms in total. The van der Waals surface area contributed by atoms with E-state index in [0.717, 1.165) is 24.4 Å². The molecule has 2 rings (SSSR count). The second-order valence-corrected chi connectivity index (χ2v) is 5.88. The van der Waals surface area contributed by atoms with Crippen molar-refractivity contribution >= 4 is 22.9 Å². The number of nitrogens with one attached hydrogen (secondary N) is 1. The topological polar surface area (TPSA) is 37.8 Å². The van der Waals surface area contributed by atoms with E-state index < -0.39 is 5.82 Å². The molecule has 0 saturated heterocycles. The van der Waals surface area contributed by atoms with Crippen LogP contribution in [0.1, 0.15) is 37.7 Å². The van der Waals surface area contributed by atoms with Crippen molar-refractivity contribution in [3.8, 4) is 10.6 Å². The molecular formula is C14H17ClFN3S. The summed E-state index contributed by atoms with van der Waals surface area (Å²) in [5, 5.41) is 13.3. The second kappa shape index (κ2) is 7.11.